The lowest BCUT2D eigenvalue weighted by molar-refractivity contribution is -0.121. The summed E-state index contributed by atoms with van der Waals surface area (Å²) in [5.41, 5.74) is 2.33. The number of fused-ring (bicyclic) bond motifs is 1. The maximum atomic E-state index is 12.2. The molecule has 18 heavy (non-hydrogen) atoms. The first-order valence-electron chi connectivity index (χ1n) is 6.78. The molecule has 3 heteroatoms. The van der Waals surface area contributed by atoms with Crippen LogP contribution in [0.4, 0.5) is 5.69 Å². The van der Waals surface area contributed by atoms with E-state index in [4.69, 9.17) is 0 Å². The molecule has 2 rings (SSSR count). The third kappa shape index (κ3) is 2.41. The van der Waals surface area contributed by atoms with E-state index in [1.54, 1.807) is 0 Å². The van der Waals surface area contributed by atoms with Gasteiger partial charge in [-0.3, -0.25) is 4.79 Å². The first-order chi connectivity index (χ1) is 8.65. The van der Waals surface area contributed by atoms with E-state index in [1.165, 1.54) is 5.56 Å². The molecule has 0 spiro atoms. The Hall–Kier alpha value is -1.35. The van der Waals surface area contributed by atoms with Crippen LogP contribution in [0.1, 0.15) is 38.8 Å². The molecule has 1 aliphatic heterocycles. The average Bonchev–Trinajstić information content (AvgIpc) is 2.38. The molecule has 0 saturated heterocycles. The standard InChI is InChI=1S/C15H22N2O/c1-4-16-13-9-10-17(15(18)11(2)3)14-8-6-5-7-12(13)14/h5-8,11,13,16H,4,9-10H2,1-3H3. The second-order valence-corrected chi connectivity index (χ2v) is 5.10. The predicted molar refractivity (Wildman–Crippen MR) is 74.7 cm³/mol. The summed E-state index contributed by atoms with van der Waals surface area (Å²) in [6, 6.07) is 8.62. The lowest BCUT2D eigenvalue weighted by atomic mass is 9.95. The van der Waals surface area contributed by atoms with Crippen LogP contribution in [-0.4, -0.2) is 19.0 Å². The molecule has 98 valence electrons. The molecule has 1 N–H and O–H groups in total. The Balaban J connectivity index is 2.33. The molecular formula is C15H22N2O. The predicted octanol–water partition coefficient (Wildman–Crippen LogP) is 2.73. The smallest absolute Gasteiger partial charge is 0.229 e. The fourth-order valence-electron chi connectivity index (χ4n) is 2.56. The Labute approximate surface area is 109 Å². The van der Waals surface area contributed by atoms with Gasteiger partial charge >= 0.3 is 0 Å². The monoisotopic (exact) mass is 246 g/mol. The maximum absolute atomic E-state index is 12.2. The summed E-state index contributed by atoms with van der Waals surface area (Å²) in [4.78, 5) is 14.2. The molecule has 0 bridgehead atoms. The quantitative estimate of drug-likeness (QED) is 0.889. The Morgan fingerprint density at radius 3 is 2.83 bits per heavy atom. The minimum Gasteiger partial charge on any atom is -0.312 e. The number of benzene rings is 1. The van der Waals surface area contributed by atoms with E-state index in [0.29, 0.717) is 6.04 Å². The molecule has 0 radical (unpaired) electrons. The van der Waals surface area contributed by atoms with Crippen LogP contribution < -0.4 is 10.2 Å². The van der Waals surface area contributed by atoms with Gasteiger partial charge < -0.3 is 10.2 Å². The van der Waals surface area contributed by atoms with Gasteiger partial charge in [-0.05, 0) is 24.6 Å². The highest BCUT2D eigenvalue weighted by Crippen LogP contribution is 2.34. The highest BCUT2D eigenvalue weighted by Gasteiger charge is 2.28. The number of nitrogens with one attached hydrogen (secondary N) is 1. The van der Waals surface area contributed by atoms with Gasteiger partial charge in [-0.25, -0.2) is 0 Å². The van der Waals surface area contributed by atoms with Crippen LogP contribution in [0.25, 0.3) is 0 Å². The zero-order valence-corrected chi connectivity index (χ0v) is 11.4. The number of nitrogens with zero attached hydrogens (tertiary/aromatic N) is 1. The van der Waals surface area contributed by atoms with E-state index < -0.39 is 0 Å². The van der Waals surface area contributed by atoms with E-state index in [0.717, 1.165) is 25.2 Å². The summed E-state index contributed by atoms with van der Waals surface area (Å²) < 4.78 is 0. The normalized spacial score (nSPS) is 18.9. The fraction of sp³-hybridized carbons (Fsp3) is 0.533. The number of amides is 1. The van der Waals surface area contributed by atoms with Gasteiger partial charge in [0.05, 0.1) is 0 Å². The lowest BCUT2D eigenvalue weighted by Gasteiger charge is -2.35. The molecule has 0 saturated carbocycles. The number of carbonyl (C=O) groups is 1. The van der Waals surface area contributed by atoms with E-state index in [9.17, 15) is 4.79 Å². The minimum atomic E-state index is 0.0498. The van der Waals surface area contributed by atoms with Gasteiger partial charge in [-0.1, -0.05) is 39.0 Å². The van der Waals surface area contributed by atoms with Gasteiger partial charge in [0.15, 0.2) is 0 Å². The van der Waals surface area contributed by atoms with Crippen molar-refractivity contribution in [1.82, 2.24) is 5.32 Å². The molecule has 1 heterocycles. The third-order valence-corrected chi connectivity index (χ3v) is 3.45. The summed E-state index contributed by atoms with van der Waals surface area (Å²) in [6.45, 7) is 7.81. The van der Waals surface area contributed by atoms with Crippen molar-refractivity contribution >= 4 is 11.6 Å². The minimum absolute atomic E-state index is 0.0498. The van der Waals surface area contributed by atoms with Crippen molar-refractivity contribution in [3.63, 3.8) is 0 Å². The van der Waals surface area contributed by atoms with Crippen LogP contribution in [0.2, 0.25) is 0 Å². The second-order valence-electron chi connectivity index (χ2n) is 5.10. The summed E-state index contributed by atoms with van der Waals surface area (Å²) in [7, 11) is 0. The Morgan fingerprint density at radius 2 is 2.17 bits per heavy atom. The van der Waals surface area contributed by atoms with Crippen LogP contribution in [0.5, 0.6) is 0 Å². The van der Waals surface area contributed by atoms with E-state index in [2.05, 4.69) is 24.4 Å². The van der Waals surface area contributed by atoms with Gasteiger partial charge in [0, 0.05) is 24.2 Å². The first kappa shape index (κ1) is 13.1. The Morgan fingerprint density at radius 1 is 1.44 bits per heavy atom. The van der Waals surface area contributed by atoms with Crippen LogP contribution in [-0.2, 0) is 4.79 Å². The Bertz CT molecular complexity index is 428. The SMILES string of the molecule is CCNC1CCN(C(=O)C(C)C)c2ccccc21. The first-order valence-corrected chi connectivity index (χ1v) is 6.78. The molecule has 1 amide bonds. The molecular weight excluding hydrogens is 224 g/mol. The Kier molecular flexibility index (Phi) is 4.02. The van der Waals surface area contributed by atoms with Crippen LogP contribution in [0.3, 0.4) is 0 Å². The van der Waals surface area contributed by atoms with Crippen LogP contribution in [0, 0.1) is 5.92 Å². The molecule has 1 aromatic carbocycles. The number of carbonyl (C=O) groups excluding carboxylic acids is 1. The van der Waals surface area contributed by atoms with Crippen molar-refractivity contribution in [3.05, 3.63) is 29.8 Å². The number of rotatable bonds is 3. The highest BCUT2D eigenvalue weighted by atomic mass is 16.2. The van der Waals surface area contributed by atoms with Gasteiger partial charge in [0.2, 0.25) is 5.91 Å². The second kappa shape index (κ2) is 5.53. The van der Waals surface area contributed by atoms with Crippen molar-refractivity contribution in [2.45, 2.75) is 33.2 Å². The van der Waals surface area contributed by atoms with Crippen molar-refractivity contribution in [2.75, 3.05) is 18.0 Å². The molecule has 3 nitrogen and oxygen atoms in total. The number of hydrogen-bond donors (Lipinski definition) is 1. The van der Waals surface area contributed by atoms with Crippen molar-refractivity contribution in [1.29, 1.82) is 0 Å². The summed E-state index contributed by atoms with van der Waals surface area (Å²) in [6.07, 6.45) is 0.989. The average molecular weight is 246 g/mol. The molecule has 0 fully saturated rings. The lowest BCUT2D eigenvalue weighted by Crippen LogP contribution is -2.41. The van der Waals surface area contributed by atoms with Crippen LogP contribution in [0.15, 0.2) is 24.3 Å². The number of para-hydroxylation sites is 1. The molecule has 0 aliphatic carbocycles. The van der Waals surface area contributed by atoms with Crippen molar-refractivity contribution < 1.29 is 4.79 Å². The molecule has 1 unspecified atom stereocenters. The van der Waals surface area contributed by atoms with Gasteiger partial charge in [0.25, 0.3) is 0 Å². The molecule has 1 aromatic rings. The summed E-state index contributed by atoms with van der Waals surface area (Å²) in [5, 5.41) is 3.49. The number of anilines is 1. The van der Waals surface area contributed by atoms with Gasteiger partial charge in [-0.2, -0.15) is 0 Å². The summed E-state index contributed by atoms with van der Waals surface area (Å²) >= 11 is 0. The highest BCUT2D eigenvalue weighted by molar-refractivity contribution is 5.95. The molecule has 0 aromatic heterocycles. The van der Waals surface area contributed by atoms with E-state index in [-0.39, 0.29) is 11.8 Å². The largest absolute Gasteiger partial charge is 0.312 e. The van der Waals surface area contributed by atoms with Gasteiger partial charge in [-0.15, -0.1) is 0 Å². The van der Waals surface area contributed by atoms with Crippen LogP contribution >= 0.6 is 0 Å². The van der Waals surface area contributed by atoms with E-state index in [1.807, 2.05) is 30.9 Å². The third-order valence-electron chi connectivity index (χ3n) is 3.45. The molecule has 1 aliphatic rings. The zero-order valence-electron chi connectivity index (χ0n) is 11.4. The fourth-order valence-corrected chi connectivity index (χ4v) is 2.56. The number of hydrogen-bond acceptors (Lipinski definition) is 2. The topological polar surface area (TPSA) is 32.3 Å². The maximum Gasteiger partial charge on any atom is 0.229 e. The van der Waals surface area contributed by atoms with Crippen molar-refractivity contribution in [2.24, 2.45) is 5.92 Å². The zero-order chi connectivity index (χ0) is 13.1. The van der Waals surface area contributed by atoms with E-state index >= 15 is 0 Å². The van der Waals surface area contributed by atoms with Gasteiger partial charge in [0.1, 0.15) is 0 Å². The summed E-state index contributed by atoms with van der Waals surface area (Å²) in [5.74, 6) is 0.270. The van der Waals surface area contributed by atoms with Crippen molar-refractivity contribution in [3.8, 4) is 0 Å². The molecule has 1 atom stereocenters.